The summed E-state index contributed by atoms with van der Waals surface area (Å²) in [4.78, 5) is 236. The molecule has 0 aliphatic carbocycles. The maximum absolute atomic E-state index is 15.8. The predicted molar refractivity (Wildman–Crippen MR) is 506 cm³/mol. The van der Waals surface area contributed by atoms with Gasteiger partial charge in [0.25, 0.3) is 0 Å². The lowest BCUT2D eigenvalue weighted by Gasteiger charge is -2.35. The van der Waals surface area contributed by atoms with Gasteiger partial charge in [0.1, 0.15) is 84.9 Å². The van der Waals surface area contributed by atoms with Gasteiger partial charge in [-0.05, 0) is 163 Å². The van der Waals surface area contributed by atoms with Crippen LogP contribution in [0.5, 0.6) is 5.75 Å². The molecule has 6 aromatic rings. The average Bonchev–Trinajstić information content (AvgIpc) is 1.47. The third kappa shape index (κ3) is 36.8. The zero-order valence-electron chi connectivity index (χ0n) is 76.6. The number of aromatic nitrogens is 2. The molecule has 4 aromatic carbocycles. The Balaban J connectivity index is 1.24. The fourth-order valence-electron chi connectivity index (χ4n) is 14.9. The summed E-state index contributed by atoms with van der Waals surface area (Å²) < 4.78 is 3.95. The Kier molecular flexibility index (Phi) is 44.6. The van der Waals surface area contributed by atoms with E-state index in [2.05, 4.69) is 95.0 Å². The normalized spacial score (nSPS) is 18.2. The average molecular weight is 1910 g/mol. The molecule has 136 heavy (non-hydrogen) atoms. The second kappa shape index (κ2) is 55.6. The summed E-state index contributed by atoms with van der Waals surface area (Å²) >= 11 is 0.991. The Morgan fingerprint density at radius 2 is 1.01 bits per heavy atom. The summed E-state index contributed by atoms with van der Waals surface area (Å²) in [6.07, 6.45) is 0.290. The summed E-state index contributed by atoms with van der Waals surface area (Å²) in [5, 5.41) is 81.0. The number of carbonyl (C=O) groups excluding carboxylic acids is 16. The van der Waals surface area contributed by atoms with Crippen molar-refractivity contribution in [1.29, 1.82) is 10.8 Å². The van der Waals surface area contributed by atoms with E-state index in [0.29, 0.717) is 69.9 Å². The van der Waals surface area contributed by atoms with Crippen LogP contribution in [-0.2, 0) is 107 Å². The first-order chi connectivity index (χ1) is 64.8. The summed E-state index contributed by atoms with van der Waals surface area (Å²) in [6, 6.07) is 8.87. The number of fused-ring (bicyclic) bond motifs is 2. The van der Waals surface area contributed by atoms with Crippen LogP contribution in [0.3, 0.4) is 0 Å². The standard InChI is InChI=1S/C90H130N26O19S/c1-50(117)74-86(133)115-70(45-55-47-103-60-23-11-9-21-58(55)60)85(132)109-65(32-33-71(93)120)80(127)110-66(34-41-136-90(3,4)75(105-51(2)118)87(134)111-64(82(129)116-74)27-17-38-101-89(97)98)81(128)113-68(43-53-28-30-56(119)31-29-53)83(130)114-69(44-54-46-102-59-22-10-8-20-57(54)59)84(131)108-63(26-16-37-100-88(95)96)78(125)107-62(25-13-15-36-92)79(126)112-67(42-52-18-6-5-7-19-52)77(124)104-48-72(121)99-39-40-135-49-73(122)106-61(76(94)123)24-12-14-35-91/h5-11,18-23,28-31,46-47,50,61-70,74-75,102-103,117,119H,12-17,24-27,32-45,48-49,91-92H2,1-4H3,(H2,93,120)(H2,94,123)(H,99,121)(H,104,124)(H,105,118)(H,106,122)(H,107,125)(H,108,131)(H,109,132)(H,110,127)(H,111,134)(H,112,126)(H,113,128)(H,114,130)(H,115,133)(H,116,129)(H4,95,96,100)(H4,97,98,101)/t50-,61-,62+,63+,64+,65+,66+,67+,68+,69+,70+,74+,75-/m1/s1. The molecule has 1 saturated heterocycles. The van der Waals surface area contributed by atoms with E-state index in [4.69, 9.17) is 50.0 Å². The predicted octanol–water partition coefficient (Wildman–Crippen LogP) is -4.46. The number of phenolic OH excluding ortho intramolecular Hbond substituents is 1. The maximum Gasteiger partial charge on any atom is 0.246 e. The van der Waals surface area contributed by atoms with E-state index in [-0.39, 0.29) is 108 Å². The quantitative estimate of drug-likeness (QED) is 0.00973. The molecule has 16 amide bonds. The minimum Gasteiger partial charge on any atom is -0.508 e. The third-order valence-corrected chi connectivity index (χ3v) is 23.7. The van der Waals surface area contributed by atoms with E-state index in [1.54, 1.807) is 105 Å². The number of amides is 16. The number of nitrogens with two attached hydrogens (primary N) is 6. The largest absolute Gasteiger partial charge is 0.508 e. The Bertz CT molecular complexity index is 5100. The van der Waals surface area contributed by atoms with Crippen molar-refractivity contribution < 1.29 is 91.7 Å². The Morgan fingerprint density at radius 3 is 1.60 bits per heavy atom. The van der Waals surface area contributed by atoms with Crippen LogP contribution >= 0.6 is 11.8 Å². The number of guanidine groups is 2. The molecule has 0 bridgehead atoms. The number of phenols is 1. The SMILES string of the molecule is CC(=O)N[C@@H]1C(=O)N[C@@H](CCCNC(=N)N)C(=O)N[C@@H]([C@@H](C)O)C(=O)N[C@@H](Cc2c[nH]c3ccccc23)C(=O)N[C@@H](CCC(N)=O)C(=O)N[C@H](C(=O)N[C@@H](Cc2ccc(O)cc2)C(=O)N[C@@H](Cc2c[nH]c3ccccc23)C(=O)N[C@@H](CCCNC(=N)N)C(=O)N[C@@H](CCCCN)C(=O)N[C@@H](Cc2ccccc2)C(=O)NCC(=O)NCCOCC(=O)N[C@H](CCCCN)C(N)=O)CCSC1(C)C. The second-order valence-corrected chi connectivity index (χ2v) is 35.3. The topological polar surface area (TPSA) is 751 Å². The van der Waals surface area contributed by atoms with Crippen LogP contribution in [0.1, 0.15) is 133 Å². The number of H-pyrrole nitrogens is 2. The number of aromatic amines is 2. The van der Waals surface area contributed by atoms with Crippen molar-refractivity contribution in [3.8, 4) is 5.75 Å². The van der Waals surface area contributed by atoms with E-state index >= 15 is 28.8 Å². The highest BCUT2D eigenvalue weighted by Gasteiger charge is 2.42. The monoisotopic (exact) mass is 1910 g/mol. The van der Waals surface area contributed by atoms with Crippen molar-refractivity contribution >= 4 is 140 Å². The Hall–Kier alpha value is -14.0. The van der Waals surface area contributed by atoms with Gasteiger partial charge >= 0.3 is 0 Å². The molecule has 740 valence electrons. The second-order valence-electron chi connectivity index (χ2n) is 33.5. The van der Waals surface area contributed by atoms with Gasteiger partial charge in [0.2, 0.25) is 94.5 Å². The van der Waals surface area contributed by atoms with Gasteiger partial charge in [-0.3, -0.25) is 87.5 Å². The molecule has 46 heteroatoms. The van der Waals surface area contributed by atoms with Gasteiger partial charge in [-0.1, -0.05) is 78.9 Å². The molecule has 0 radical (unpaired) electrons. The Morgan fingerprint density at radius 1 is 0.515 bits per heavy atom. The number of primary amides is 2. The number of hydrogen-bond donors (Lipinski definition) is 28. The Labute approximate surface area is 790 Å². The van der Waals surface area contributed by atoms with Crippen molar-refractivity contribution in [2.75, 3.05) is 58.2 Å². The molecule has 0 saturated carbocycles. The van der Waals surface area contributed by atoms with E-state index in [9.17, 15) is 58.2 Å². The van der Waals surface area contributed by atoms with Gasteiger partial charge in [-0.2, -0.15) is 11.8 Å². The number of aliphatic hydroxyl groups excluding tert-OH is 1. The summed E-state index contributed by atoms with van der Waals surface area (Å²) in [6.45, 7) is 4.62. The van der Waals surface area contributed by atoms with Gasteiger partial charge < -0.3 is 144 Å². The molecule has 1 fully saturated rings. The molecular weight excluding hydrogens is 1780 g/mol. The fourth-order valence-corrected chi connectivity index (χ4v) is 16.1. The molecule has 3 heterocycles. The molecule has 0 spiro atoms. The van der Waals surface area contributed by atoms with Gasteiger partial charge in [-0.15, -0.1) is 0 Å². The summed E-state index contributed by atoms with van der Waals surface area (Å²) in [5.41, 5.74) is 36.9. The smallest absolute Gasteiger partial charge is 0.246 e. The van der Waals surface area contributed by atoms with Crippen molar-refractivity contribution in [3.63, 3.8) is 0 Å². The lowest BCUT2D eigenvalue weighted by atomic mass is 10.00. The van der Waals surface area contributed by atoms with Crippen LogP contribution in [0.15, 0.2) is 116 Å². The maximum atomic E-state index is 15.8. The number of para-hydroxylation sites is 2. The van der Waals surface area contributed by atoms with E-state index in [0.717, 1.165) is 18.7 Å². The van der Waals surface area contributed by atoms with Crippen LogP contribution in [0.2, 0.25) is 0 Å². The third-order valence-electron chi connectivity index (χ3n) is 22.2. The lowest BCUT2D eigenvalue weighted by molar-refractivity contribution is -0.137. The van der Waals surface area contributed by atoms with E-state index in [1.165, 1.54) is 31.2 Å². The summed E-state index contributed by atoms with van der Waals surface area (Å²) in [5.74, 6) is -16.0. The number of unbranched alkanes of at least 4 members (excludes halogenated alkanes) is 2. The zero-order chi connectivity index (χ0) is 99.6. The number of aromatic hydroxyl groups is 1. The van der Waals surface area contributed by atoms with Gasteiger partial charge in [0, 0.05) is 97.6 Å². The van der Waals surface area contributed by atoms with Crippen LogP contribution < -0.4 is 119 Å². The number of hydrogen-bond acceptors (Lipinski definition) is 24. The first-order valence-corrected chi connectivity index (χ1v) is 45.9. The van der Waals surface area contributed by atoms with Gasteiger partial charge in [0.15, 0.2) is 11.9 Å². The molecule has 0 unspecified atom stereocenters. The van der Waals surface area contributed by atoms with Gasteiger partial charge in [0.05, 0.1) is 19.3 Å². The molecule has 1 aliphatic rings. The summed E-state index contributed by atoms with van der Waals surface area (Å²) in [7, 11) is 0. The number of aliphatic hydroxyl groups is 1. The molecule has 7 rings (SSSR count). The highest BCUT2D eigenvalue weighted by atomic mass is 32.2. The van der Waals surface area contributed by atoms with Crippen molar-refractivity contribution in [2.24, 2.45) is 34.4 Å². The highest BCUT2D eigenvalue weighted by Crippen LogP contribution is 2.31. The lowest BCUT2D eigenvalue weighted by Crippen LogP contribution is -2.63. The molecular formula is C90H130N26O19S. The molecule has 45 nitrogen and oxygen atoms in total. The first kappa shape index (κ1) is 109. The number of benzene rings is 4. The molecule has 1 aliphatic heterocycles. The minimum atomic E-state index is -1.86. The van der Waals surface area contributed by atoms with Crippen molar-refractivity contribution in [2.45, 2.75) is 220 Å². The van der Waals surface area contributed by atoms with Crippen LogP contribution in [0.4, 0.5) is 0 Å². The minimum absolute atomic E-state index is 0.0129. The number of nitrogens with one attached hydrogen (secondary N) is 20. The van der Waals surface area contributed by atoms with Crippen LogP contribution in [0.25, 0.3) is 21.8 Å². The van der Waals surface area contributed by atoms with Crippen molar-refractivity contribution in [1.82, 2.24) is 95.0 Å². The fraction of sp³-hybridized carbons (Fsp3) is 0.489. The number of thioether (sulfide) groups is 1. The number of ether oxygens (including phenoxy) is 1. The number of rotatable bonds is 49. The zero-order valence-corrected chi connectivity index (χ0v) is 77.4. The molecule has 34 N–H and O–H groups in total. The number of carbonyl (C=O) groups is 16. The molecule has 13 atom stereocenters. The van der Waals surface area contributed by atoms with Crippen LogP contribution in [-0.4, -0.2) is 268 Å². The van der Waals surface area contributed by atoms with Crippen LogP contribution in [0, 0.1) is 10.8 Å². The first-order valence-electron chi connectivity index (χ1n) is 44.9. The van der Waals surface area contributed by atoms with E-state index < -0.39 is 229 Å². The van der Waals surface area contributed by atoms with Crippen molar-refractivity contribution in [3.05, 3.63) is 138 Å². The highest BCUT2D eigenvalue weighted by molar-refractivity contribution is 8.00. The molecule has 2 aromatic heterocycles. The van der Waals surface area contributed by atoms with Gasteiger partial charge in [-0.25, -0.2) is 0 Å². The van der Waals surface area contributed by atoms with E-state index in [1.807, 2.05) is 0 Å².